The number of carbonyl (C=O) groups is 2. The van der Waals surface area contributed by atoms with E-state index in [0.29, 0.717) is 30.6 Å². The van der Waals surface area contributed by atoms with E-state index in [0.717, 1.165) is 30.8 Å². The average molecular weight is 453 g/mol. The Labute approximate surface area is 200 Å². The molecule has 1 fully saturated rings. The number of nitriles is 1. The smallest absolute Gasteiger partial charge is 0.251 e. The average Bonchev–Trinajstić information content (AvgIpc) is 2.90. The Balaban J connectivity index is 1.39. The van der Waals surface area contributed by atoms with Gasteiger partial charge in [-0.25, -0.2) is 0 Å². The van der Waals surface area contributed by atoms with Crippen molar-refractivity contribution in [2.75, 3.05) is 26.2 Å². The monoisotopic (exact) mass is 452 g/mol. The van der Waals surface area contributed by atoms with E-state index in [4.69, 9.17) is 5.26 Å². The number of hydrogen-bond donors (Lipinski definition) is 1. The molecule has 0 radical (unpaired) electrons. The van der Waals surface area contributed by atoms with E-state index in [1.807, 2.05) is 77.7 Å². The van der Waals surface area contributed by atoms with E-state index in [1.165, 1.54) is 0 Å². The summed E-state index contributed by atoms with van der Waals surface area (Å²) in [6, 6.07) is 27.9. The van der Waals surface area contributed by atoms with Crippen LogP contribution in [-0.2, 0) is 17.8 Å². The second-order valence-corrected chi connectivity index (χ2v) is 8.49. The number of piperazine rings is 1. The largest absolute Gasteiger partial charge is 0.340 e. The van der Waals surface area contributed by atoms with E-state index < -0.39 is 6.04 Å². The lowest BCUT2D eigenvalue weighted by Gasteiger charge is -2.36. The molecule has 3 aromatic carbocycles. The minimum Gasteiger partial charge on any atom is -0.340 e. The molecular weight excluding hydrogens is 424 g/mol. The summed E-state index contributed by atoms with van der Waals surface area (Å²) in [6.07, 6.45) is 0.448. The molecule has 1 N–H and O–H groups in total. The van der Waals surface area contributed by atoms with Crippen molar-refractivity contribution in [2.24, 2.45) is 0 Å². The molecule has 3 aromatic rings. The Morgan fingerprint density at radius 1 is 0.824 bits per heavy atom. The molecule has 0 aromatic heterocycles. The summed E-state index contributed by atoms with van der Waals surface area (Å²) in [4.78, 5) is 30.5. The number of carbonyl (C=O) groups excluding carboxylic acids is 2. The molecule has 1 atom stereocenters. The number of hydrogen-bond acceptors (Lipinski definition) is 4. The van der Waals surface area contributed by atoms with E-state index in [9.17, 15) is 9.59 Å². The lowest BCUT2D eigenvalue weighted by Crippen LogP contribution is -2.55. The van der Waals surface area contributed by atoms with Gasteiger partial charge in [0.25, 0.3) is 5.91 Å². The molecule has 1 heterocycles. The van der Waals surface area contributed by atoms with Gasteiger partial charge in [0.2, 0.25) is 5.91 Å². The molecule has 4 rings (SSSR count). The van der Waals surface area contributed by atoms with E-state index >= 15 is 0 Å². The molecular formula is C28H28N4O2. The molecule has 0 bridgehead atoms. The number of nitrogens with zero attached hydrogens (tertiary/aromatic N) is 3. The van der Waals surface area contributed by atoms with Crippen molar-refractivity contribution in [2.45, 2.75) is 19.0 Å². The van der Waals surface area contributed by atoms with E-state index in [-0.39, 0.29) is 11.8 Å². The van der Waals surface area contributed by atoms with Crippen LogP contribution in [0.4, 0.5) is 0 Å². The SMILES string of the molecule is N#Cc1ccc(CN2CCN(C(=O)[C@@H](Cc3ccccc3)NC(=O)c3ccccc3)CC2)cc1. The summed E-state index contributed by atoms with van der Waals surface area (Å²) in [5.41, 5.74) is 3.35. The highest BCUT2D eigenvalue weighted by molar-refractivity contribution is 5.97. The van der Waals surface area contributed by atoms with Gasteiger partial charge in [-0.2, -0.15) is 5.26 Å². The highest BCUT2D eigenvalue weighted by Gasteiger charge is 2.29. The van der Waals surface area contributed by atoms with Gasteiger partial charge in [0, 0.05) is 44.7 Å². The fraction of sp³-hybridized carbons (Fsp3) is 0.250. The molecule has 0 spiro atoms. The quantitative estimate of drug-likeness (QED) is 0.597. The maximum Gasteiger partial charge on any atom is 0.251 e. The first-order valence-corrected chi connectivity index (χ1v) is 11.5. The van der Waals surface area contributed by atoms with Crippen LogP contribution in [0, 0.1) is 11.3 Å². The first kappa shape index (κ1) is 23.2. The molecule has 6 heteroatoms. The van der Waals surface area contributed by atoms with Crippen molar-refractivity contribution in [3.63, 3.8) is 0 Å². The van der Waals surface area contributed by atoms with Crippen molar-refractivity contribution < 1.29 is 9.59 Å². The third-order valence-electron chi connectivity index (χ3n) is 6.10. The van der Waals surface area contributed by atoms with Gasteiger partial charge in [0.05, 0.1) is 11.6 Å². The van der Waals surface area contributed by atoms with Gasteiger partial charge < -0.3 is 10.2 Å². The second kappa shape index (κ2) is 11.3. The van der Waals surface area contributed by atoms with Gasteiger partial charge >= 0.3 is 0 Å². The number of rotatable bonds is 7. The van der Waals surface area contributed by atoms with Crippen LogP contribution < -0.4 is 5.32 Å². The van der Waals surface area contributed by atoms with Crippen LogP contribution in [0.25, 0.3) is 0 Å². The van der Waals surface area contributed by atoms with Gasteiger partial charge in [-0.15, -0.1) is 0 Å². The van der Waals surface area contributed by atoms with Gasteiger partial charge in [0.1, 0.15) is 6.04 Å². The number of amides is 2. The summed E-state index contributed by atoms with van der Waals surface area (Å²) in [5, 5.41) is 11.9. The van der Waals surface area contributed by atoms with Crippen molar-refractivity contribution >= 4 is 11.8 Å². The summed E-state index contributed by atoms with van der Waals surface area (Å²) >= 11 is 0. The highest BCUT2D eigenvalue weighted by atomic mass is 16.2. The van der Waals surface area contributed by atoms with Crippen molar-refractivity contribution in [3.05, 3.63) is 107 Å². The molecule has 0 aliphatic carbocycles. The number of nitrogens with one attached hydrogen (secondary N) is 1. The molecule has 1 aliphatic heterocycles. The minimum absolute atomic E-state index is 0.0499. The van der Waals surface area contributed by atoms with Crippen LogP contribution in [0.1, 0.15) is 27.0 Å². The Morgan fingerprint density at radius 3 is 2.06 bits per heavy atom. The number of benzene rings is 3. The van der Waals surface area contributed by atoms with Crippen LogP contribution in [0.2, 0.25) is 0 Å². The third-order valence-corrected chi connectivity index (χ3v) is 6.10. The molecule has 34 heavy (non-hydrogen) atoms. The zero-order valence-corrected chi connectivity index (χ0v) is 19.1. The van der Waals surface area contributed by atoms with Crippen molar-refractivity contribution in [3.8, 4) is 6.07 Å². The third kappa shape index (κ3) is 6.09. The zero-order chi connectivity index (χ0) is 23.8. The van der Waals surface area contributed by atoms with Gasteiger partial charge in [0.15, 0.2) is 0 Å². The molecule has 2 amide bonds. The lowest BCUT2D eigenvalue weighted by atomic mass is 10.0. The highest BCUT2D eigenvalue weighted by Crippen LogP contribution is 2.13. The normalized spacial score (nSPS) is 14.7. The summed E-state index contributed by atoms with van der Waals surface area (Å²) < 4.78 is 0. The van der Waals surface area contributed by atoms with Crippen LogP contribution in [0.15, 0.2) is 84.9 Å². The molecule has 1 saturated heterocycles. The summed E-state index contributed by atoms with van der Waals surface area (Å²) in [6.45, 7) is 3.53. The molecule has 1 aliphatic rings. The zero-order valence-electron chi connectivity index (χ0n) is 19.1. The van der Waals surface area contributed by atoms with Crippen LogP contribution in [0.3, 0.4) is 0 Å². The minimum atomic E-state index is -0.625. The second-order valence-electron chi connectivity index (χ2n) is 8.49. The van der Waals surface area contributed by atoms with E-state index in [1.54, 1.807) is 12.1 Å². The Morgan fingerprint density at radius 2 is 1.44 bits per heavy atom. The first-order chi connectivity index (χ1) is 16.6. The predicted octanol–water partition coefficient (Wildman–Crippen LogP) is 3.24. The first-order valence-electron chi connectivity index (χ1n) is 11.5. The van der Waals surface area contributed by atoms with Gasteiger partial charge in [-0.05, 0) is 35.4 Å². The van der Waals surface area contributed by atoms with Crippen molar-refractivity contribution in [1.29, 1.82) is 5.26 Å². The maximum absolute atomic E-state index is 13.5. The fourth-order valence-electron chi connectivity index (χ4n) is 4.17. The standard InChI is InChI=1S/C28H28N4O2/c29-20-23-11-13-24(14-12-23)21-31-15-17-32(18-16-31)28(34)26(19-22-7-3-1-4-8-22)30-27(33)25-9-5-2-6-10-25/h1-14,26H,15-19,21H2,(H,30,33)/t26-/m1/s1. The molecule has 0 saturated carbocycles. The van der Waals surface area contributed by atoms with Gasteiger partial charge in [-0.3, -0.25) is 14.5 Å². The van der Waals surface area contributed by atoms with Crippen LogP contribution >= 0.6 is 0 Å². The summed E-state index contributed by atoms with van der Waals surface area (Å²) in [7, 11) is 0. The van der Waals surface area contributed by atoms with Crippen LogP contribution in [-0.4, -0.2) is 53.8 Å². The molecule has 172 valence electrons. The fourth-order valence-corrected chi connectivity index (χ4v) is 4.17. The molecule has 6 nitrogen and oxygen atoms in total. The summed E-state index contributed by atoms with van der Waals surface area (Å²) in [5.74, 6) is -0.291. The van der Waals surface area contributed by atoms with E-state index in [2.05, 4.69) is 16.3 Å². The Bertz CT molecular complexity index is 1130. The predicted molar refractivity (Wildman–Crippen MR) is 131 cm³/mol. The maximum atomic E-state index is 13.5. The van der Waals surface area contributed by atoms with Gasteiger partial charge in [-0.1, -0.05) is 60.7 Å². The Hall–Kier alpha value is -3.95. The van der Waals surface area contributed by atoms with Crippen molar-refractivity contribution in [1.82, 2.24) is 15.1 Å². The molecule has 0 unspecified atom stereocenters. The lowest BCUT2D eigenvalue weighted by molar-refractivity contribution is -0.135. The van der Waals surface area contributed by atoms with Crippen LogP contribution in [0.5, 0.6) is 0 Å². The Kier molecular flexibility index (Phi) is 7.69. The topological polar surface area (TPSA) is 76.4 Å².